The van der Waals surface area contributed by atoms with E-state index in [-0.39, 0.29) is 13.2 Å². The van der Waals surface area contributed by atoms with E-state index in [1.165, 1.54) is 0 Å². The molecule has 1 aromatic heterocycles. The summed E-state index contributed by atoms with van der Waals surface area (Å²) in [6.45, 7) is 1.14. The summed E-state index contributed by atoms with van der Waals surface area (Å²) >= 11 is 1.58. The Bertz CT molecular complexity index is 893. The molecule has 1 saturated heterocycles. The maximum atomic E-state index is 12.8. The van der Waals surface area contributed by atoms with E-state index in [1.54, 1.807) is 18.4 Å². The molecule has 2 fully saturated rings. The summed E-state index contributed by atoms with van der Waals surface area (Å²) < 4.78 is 5.20. The van der Waals surface area contributed by atoms with Crippen LogP contribution in [-0.4, -0.2) is 54.0 Å². The average molecular weight is 415 g/mol. The second-order valence-electron chi connectivity index (χ2n) is 7.42. The summed E-state index contributed by atoms with van der Waals surface area (Å²) in [4.78, 5) is 42.1. The molecule has 0 bridgehead atoms. The van der Waals surface area contributed by atoms with Crippen molar-refractivity contribution < 1.29 is 24.0 Å². The van der Waals surface area contributed by atoms with Gasteiger partial charge in [-0.2, -0.15) is 0 Å². The minimum absolute atomic E-state index is 0.218. The van der Waals surface area contributed by atoms with Crippen LogP contribution in [0.5, 0.6) is 5.75 Å². The highest BCUT2D eigenvalue weighted by Crippen LogP contribution is 2.19. The van der Waals surface area contributed by atoms with Crippen molar-refractivity contribution >= 4 is 29.2 Å². The van der Waals surface area contributed by atoms with Crippen LogP contribution >= 0.6 is 11.3 Å². The predicted molar refractivity (Wildman–Crippen MR) is 108 cm³/mol. The molecule has 1 unspecified atom stereocenters. The minimum Gasteiger partial charge on any atom is -0.497 e. The normalized spacial score (nSPS) is 17.9. The van der Waals surface area contributed by atoms with Crippen LogP contribution in [0.2, 0.25) is 0 Å². The second-order valence-corrected chi connectivity index (χ2v) is 8.45. The zero-order valence-electron chi connectivity index (χ0n) is 16.3. The molecule has 1 aliphatic carbocycles. The number of carbonyl (C=O) groups is 3. The van der Waals surface area contributed by atoms with E-state index >= 15 is 0 Å². The Morgan fingerprint density at radius 3 is 2.41 bits per heavy atom. The summed E-state index contributed by atoms with van der Waals surface area (Å²) in [7, 11) is 1.63. The lowest BCUT2D eigenvalue weighted by Crippen LogP contribution is -3.13. The first-order valence-corrected chi connectivity index (χ1v) is 10.6. The molecule has 2 heterocycles. The van der Waals surface area contributed by atoms with E-state index in [9.17, 15) is 14.4 Å². The summed E-state index contributed by atoms with van der Waals surface area (Å²) in [5, 5.41) is 1.95. The van der Waals surface area contributed by atoms with Crippen molar-refractivity contribution in [1.29, 1.82) is 0 Å². The average Bonchev–Trinajstić information content (AvgIpc) is 3.41. The summed E-state index contributed by atoms with van der Waals surface area (Å²) in [5.41, 5.74) is 1.10. The van der Waals surface area contributed by atoms with Gasteiger partial charge in [-0.1, -0.05) is 6.07 Å². The fraction of sp³-hybridized carbons (Fsp3) is 0.381. The third-order valence-electron chi connectivity index (χ3n) is 5.40. The predicted octanol–water partition coefficient (Wildman–Crippen LogP) is 1.29. The molecule has 1 atom stereocenters. The molecule has 0 spiro atoms. The molecular formula is C21H24N3O4S+. The molecule has 152 valence electrons. The fourth-order valence-electron chi connectivity index (χ4n) is 3.59. The lowest BCUT2D eigenvalue weighted by Gasteiger charge is -2.23. The molecule has 0 radical (unpaired) electrons. The number of thiophene rings is 1. The van der Waals surface area contributed by atoms with Gasteiger partial charge in [0.1, 0.15) is 12.3 Å². The van der Waals surface area contributed by atoms with Gasteiger partial charge in [-0.05, 0) is 35.7 Å². The highest BCUT2D eigenvalue weighted by atomic mass is 32.1. The number of amides is 4. The van der Waals surface area contributed by atoms with E-state index in [0.29, 0.717) is 19.0 Å². The standard InChI is InChI=1S/C21H23N3O4S/c1-28-17-8-4-15(5-9-17)13-22(16-6-7-16)14-24-20(26)19(25)23(21(24)27)11-10-18-3-2-12-29-18/h2-5,8-9,12,16H,6-7,10-11,13-14H2,1H3/p+1. The summed E-state index contributed by atoms with van der Waals surface area (Å²) in [5.74, 6) is -0.640. The molecule has 29 heavy (non-hydrogen) atoms. The van der Waals surface area contributed by atoms with Gasteiger partial charge in [0.25, 0.3) is 0 Å². The van der Waals surface area contributed by atoms with E-state index < -0.39 is 17.8 Å². The maximum Gasteiger partial charge on any atom is 0.338 e. The lowest BCUT2D eigenvalue weighted by molar-refractivity contribution is -0.931. The molecule has 1 aromatic carbocycles. The van der Waals surface area contributed by atoms with Crippen molar-refractivity contribution in [2.45, 2.75) is 31.8 Å². The second kappa shape index (κ2) is 8.34. The SMILES string of the molecule is COc1ccc(C[NH+](CN2C(=O)C(=O)N(CCc3cccs3)C2=O)C2CC2)cc1. The number of imide groups is 2. The first-order chi connectivity index (χ1) is 14.1. The number of benzene rings is 1. The lowest BCUT2D eigenvalue weighted by atomic mass is 10.2. The van der Waals surface area contributed by atoms with Gasteiger partial charge in [0, 0.05) is 36.2 Å². The third-order valence-corrected chi connectivity index (χ3v) is 6.34. The third kappa shape index (κ3) is 4.33. The number of hydrogen-bond donors (Lipinski definition) is 1. The molecule has 1 N–H and O–H groups in total. The summed E-state index contributed by atoms with van der Waals surface area (Å²) in [6.07, 6.45) is 2.71. The molecule has 8 heteroatoms. The Labute approximate surface area is 173 Å². The number of quaternary nitrogens is 1. The molecule has 2 aliphatic rings. The van der Waals surface area contributed by atoms with Gasteiger partial charge in [0.2, 0.25) is 0 Å². The maximum absolute atomic E-state index is 12.8. The Hall–Kier alpha value is -2.71. The number of nitrogens with zero attached hydrogens (tertiary/aromatic N) is 2. The van der Waals surface area contributed by atoms with Gasteiger partial charge in [0.05, 0.1) is 13.2 Å². The van der Waals surface area contributed by atoms with Gasteiger partial charge in [-0.15, -0.1) is 11.3 Å². The van der Waals surface area contributed by atoms with E-state index in [4.69, 9.17) is 4.74 Å². The van der Waals surface area contributed by atoms with Crippen LogP contribution in [0.1, 0.15) is 23.3 Å². The molecule has 1 aliphatic heterocycles. The quantitative estimate of drug-likeness (QED) is 0.496. The minimum atomic E-state index is -0.717. The Morgan fingerprint density at radius 1 is 1.07 bits per heavy atom. The van der Waals surface area contributed by atoms with Crippen LogP contribution in [0, 0.1) is 0 Å². The molecular weight excluding hydrogens is 390 g/mol. The number of carbonyl (C=O) groups excluding carboxylic acids is 3. The molecule has 4 rings (SSSR count). The van der Waals surface area contributed by atoms with E-state index in [1.807, 2.05) is 41.8 Å². The molecule has 7 nitrogen and oxygen atoms in total. The first-order valence-electron chi connectivity index (χ1n) is 9.74. The van der Waals surface area contributed by atoms with Gasteiger partial charge < -0.3 is 9.64 Å². The molecule has 4 amide bonds. The zero-order chi connectivity index (χ0) is 20.4. The zero-order valence-corrected chi connectivity index (χ0v) is 17.1. The fourth-order valence-corrected chi connectivity index (χ4v) is 4.29. The van der Waals surface area contributed by atoms with Gasteiger partial charge in [0.15, 0.2) is 6.67 Å². The smallest absolute Gasteiger partial charge is 0.338 e. The van der Waals surface area contributed by atoms with Gasteiger partial charge in [-0.3, -0.25) is 14.5 Å². The molecule has 2 aromatic rings. The van der Waals surface area contributed by atoms with Crippen LogP contribution in [0.4, 0.5) is 4.79 Å². The highest BCUT2D eigenvalue weighted by Gasteiger charge is 2.47. The topological polar surface area (TPSA) is 71.4 Å². The van der Waals surface area contributed by atoms with E-state index in [0.717, 1.165) is 43.7 Å². The number of methoxy groups -OCH3 is 1. The van der Waals surface area contributed by atoms with Crippen LogP contribution in [0.3, 0.4) is 0 Å². The highest BCUT2D eigenvalue weighted by molar-refractivity contribution is 7.09. The number of rotatable bonds is 9. The first kappa shape index (κ1) is 19.6. The molecule has 1 saturated carbocycles. The van der Waals surface area contributed by atoms with Gasteiger partial charge >= 0.3 is 17.8 Å². The number of ether oxygens (including phenoxy) is 1. The van der Waals surface area contributed by atoms with Crippen molar-refractivity contribution in [3.63, 3.8) is 0 Å². The van der Waals surface area contributed by atoms with E-state index in [2.05, 4.69) is 0 Å². The van der Waals surface area contributed by atoms with Gasteiger partial charge in [-0.25, -0.2) is 9.69 Å². The van der Waals surface area contributed by atoms with Crippen molar-refractivity contribution in [3.05, 3.63) is 52.2 Å². The van der Waals surface area contributed by atoms with Crippen molar-refractivity contribution in [1.82, 2.24) is 9.80 Å². The monoisotopic (exact) mass is 414 g/mol. The Morgan fingerprint density at radius 2 is 1.79 bits per heavy atom. The number of hydrogen-bond acceptors (Lipinski definition) is 5. The Kier molecular flexibility index (Phi) is 5.64. The number of urea groups is 1. The number of nitrogens with one attached hydrogen (secondary N) is 1. The van der Waals surface area contributed by atoms with Crippen LogP contribution in [0.15, 0.2) is 41.8 Å². The van der Waals surface area contributed by atoms with Crippen LogP contribution in [0.25, 0.3) is 0 Å². The van der Waals surface area contributed by atoms with Crippen molar-refractivity contribution in [3.8, 4) is 5.75 Å². The van der Waals surface area contributed by atoms with Crippen LogP contribution < -0.4 is 9.64 Å². The van der Waals surface area contributed by atoms with Crippen molar-refractivity contribution in [2.24, 2.45) is 0 Å². The van der Waals surface area contributed by atoms with Crippen molar-refractivity contribution in [2.75, 3.05) is 20.3 Å². The Balaban J connectivity index is 1.42. The largest absolute Gasteiger partial charge is 0.497 e. The summed E-state index contributed by atoms with van der Waals surface area (Å²) in [6, 6.07) is 11.6. The van der Waals surface area contributed by atoms with Crippen LogP contribution in [-0.2, 0) is 22.6 Å².